The second-order valence-corrected chi connectivity index (χ2v) is 16.4. The van der Waals surface area contributed by atoms with Crippen LogP contribution in [0.1, 0.15) is 5.69 Å². The fourth-order valence-corrected chi connectivity index (χ4v) is 7.02. The number of thioether (sulfide) groups is 1. The van der Waals surface area contributed by atoms with E-state index in [1.807, 2.05) is 17.0 Å². The molecule has 190 valence electrons. The van der Waals surface area contributed by atoms with Crippen molar-refractivity contribution in [2.45, 2.75) is 37.6 Å². The molecule has 0 bridgehead atoms. The summed E-state index contributed by atoms with van der Waals surface area (Å²) in [6.45, 7) is 7.13. The molecule has 2 aromatic rings. The molecule has 0 spiro atoms. The van der Waals surface area contributed by atoms with Crippen molar-refractivity contribution >= 4 is 65.0 Å². The zero-order valence-corrected chi connectivity index (χ0v) is 22.9. The first-order valence-electron chi connectivity index (χ1n) is 11.0. The SMILES string of the molecule is CO/N=C(\C(=O)N[C@H]1C(=O)N2C(C(=O)O)=C(C[n+]3ccc([Si](C)(C)C)cc3)CS[C@@H]12)c1csc(N)n1. The molecule has 0 aliphatic carbocycles. The number of carbonyl (C=O) groups excluding carboxylic acids is 2. The van der Waals surface area contributed by atoms with Crippen molar-refractivity contribution in [3.05, 3.63) is 46.9 Å². The summed E-state index contributed by atoms with van der Waals surface area (Å²) in [7, 11) is -0.162. The number of carbonyl (C=O) groups is 3. The number of anilines is 1. The maximum absolute atomic E-state index is 13.0. The fraction of sp³-hybridized carbons (Fsp3) is 0.364. The van der Waals surface area contributed by atoms with Crippen LogP contribution in [0.5, 0.6) is 0 Å². The molecule has 36 heavy (non-hydrogen) atoms. The van der Waals surface area contributed by atoms with Gasteiger partial charge in [-0.15, -0.1) is 23.1 Å². The van der Waals surface area contributed by atoms with Crippen LogP contribution in [0.4, 0.5) is 5.13 Å². The van der Waals surface area contributed by atoms with Crippen LogP contribution >= 0.6 is 23.1 Å². The molecule has 1 saturated heterocycles. The average molecular weight is 548 g/mol. The van der Waals surface area contributed by atoms with Gasteiger partial charge < -0.3 is 21.0 Å². The number of hydrogen-bond donors (Lipinski definition) is 3. The molecule has 2 aliphatic heterocycles. The highest BCUT2D eigenvalue weighted by Crippen LogP contribution is 2.40. The third kappa shape index (κ3) is 5.01. The maximum atomic E-state index is 13.0. The summed E-state index contributed by atoms with van der Waals surface area (Å²) in [6, 6.07) is 3.24. The van der Waals surface area contributed by atoms with E-state index in [1.54, 1.807) is 5.38 Å². The molecule has 0 aromatic carbocycles. The molecule has 4 rings (SSSR count). The molecular formula is C22H27N6O5S2Si+. The molecule has 4 N–H and O–H groups in total. The Labute approximate surface area is 217 Å². The van der Waals surface area contributed by atoms with Crippen LogP contribution in [0.3, 0.4) is 0 Å². The molecule has 2 aromatic heterocycles. The minimum absolute atomic E-state index is 0.0333. The minimum atomic E-state index is -1.45. The lowest BCUT2D eigenvalue weighted by Crippen LogP contribution is -2.71. The molecule has 1 fully saturated rings. The van der Waals surface area contributed by atoms with Crippen LogP contribution < -0.4 is 20.8 Å². The largest absolute Gasteiger partial charge is 0.477 e. The van der Waals surface area contributed by atoms with Gasteiger partial charge in [-0.3, -0.25) is 14.5 Å². The number of carboxylic acids is 1. The Morgan fingerprint density at radius 1 is 1.36 bits per heavy atom. The second-order valence-electron chi connectivity index (χ2n) is 9.32. The van der Waals surface area contributed by atoms with Crippen molar-refractivity contribution in [1.82, 2.24) is 15.2 Å². The summed E-state index contributed by atoms with van der Waals surface area (Å²) in [4.78, 5) is 48.1. The van der Waals surface area contributed by atoms with Crippen molar-refractivity contribution < 1.29 is 28.9 Å². The zero-order valence-electron chi connectivity index (χ0n) is 20.2. The van der Waals surface area contributed by atoms with Crippen LogP contribution in [0.15, 0.2) is 46.3 Å². The first kappa shape index (κ1) is 25.8. The van der Waals surface area contributed by atoms with Gasteiger partial charge in [-0.05, 0) is 5.19 Å². The molecule has 2 amide bonds. The smallest absolute Gasteiger partial charge is 0.352 e. The lowest BCUT2D eigenvalue weighted by atomic mass is 10.0. The number of fused-ring (bicyclic) bond motifs is 1. The Bertz CT molecular complexity index is 1270. The van der Waals surface area contributed by atoms with E-state index in [4.69, 9.17) is 10.6 Å². The highest BCUT2D eigenvalue weighted by molar-refractivity contribution is 8.00. The van der Waals surface area contributed by atoms with Gasteiger partial charge in [0.2, 0.25) is 0 Å². The average Bonchev–Trinajstić information content (AvgIpc) is 3.25. The summed E-state index contributed by atoms with van der Waals surface area (Å²) in [5.74, 6) is -1.92. The fourth-order valence-electron chi connectivity index (χ4n) is 3.99. The van der Waals surface area contributed by atoms with Gasteiger partial charge >= 0.3 is 5.97 Å². The van der Waals surface area contributed by atoms with Crippen molar-refractivity contribution in [1.29, 1.82) is 0 Å². The number of β-lactam (4-membered cyclic amide) rings is 1. The van der Waals surface area contributed by atoms with E-state index in [1.165, 1.54) is 29.0 Å². The number of aromatic nitrogens is 2. The summed E-state index contributed by atoms with van der Waals surface area (Å²) in [6.07, 6.45) is 3.89. The standard InChI is InChI=1S/C22H26N6O5S2Si/c1-33-26-15(14-11-35-22(23)24-14)18(29)25-16-19(30)28-17(21(31)32)12(10-34-20(16)28)9-27-7-5-13(6-8-27)36(2,3)4/h5-8,11,16,20H,9-10H2,1-4H3,(H3-,23,24,25,29,31,32)/p+1/b26-15-/t16-,20-/m0/s1. The Morgan fingerprint density at radius 3 is 2.61 bits per heavy atom. The van der Waals surface area contributed by atoms with Gasteiger partial charge in [0.25, 0.3) is 11.8 Å². The summed E-state index contributed by atoms with van der Waals surface area (Å²) in [5.41, 5.74) is 6.36. The van der Waals surface area contributed by atoms with Gasteiger partial charge in [0.05, 0.1) is 8.07 Å². The van der Waals surface area contributed by atoms with Gasteiger partial charge in [0.1, 0.15) is 29.9 Å². The number of nitrogens with two attached hydrogens (primary N) is 1. The van der Waals surface area contributed by atoms with Crippen molar-refractivity contribution in [3.8, 4) is 0 Å². The number of thiazole rings is 1. The number of aliphatic carboxylic acids is 1. The quantitative estimate of drug-likeness (QED) is 0.141. The van der Waals surface area contributed by atoms with E-state index >= 15 is 0 Å². The van der Waals surface area contributed by atoms with Crippen LogP contribution in [0, 0.1) is 0 Å². The highest BCUT2D eigenvalue weighted by Gasteiger charge is 2.54. The number of rotatable bonds is 8. The number of nitrogens with zero attached hydrogens (tertiary/aromatic N) is 4. The first-order chi connectivity index (χ1) is 17.0. The van der Waals surface area contributed by atoms with Gasteiger partial charge in [-0.25, -0.2) is 14.3 Å². The molecule has 2 atom stereocenters. The summed E-state index contributed by atoms with van der Waals surface area (Å²) in [5, 5.41) is 18.9. The van der Waals surface area contributed by atoms with Crippen molar-refractivity contribution in [2.24, 2.45) is 5.16 Å². The summed E-state index contributed by atoms with van der Waals surface area (Å²) < 4.78 is 1.92. The predicted octanol–water partition coefficient (Wildman–Crippen LogP) is 0.347. The normalized spacial score (nSPS) is 20.1. The van der Waals surface area contributed by atoms with E-state index in [9.17, 15) is 19.5 Å². The van der Waals surface area contributed by atoms with Crippen molar-refractivity contribution in [3.63, 3.8) is 0 Å². The van der Waals surface area contributed by atoms with Crippen LogP contribution in [-0.4, -0.2) is 70.8 Å². The first-order valence-corrected chi connectivity index (χ1v) is 16.5. The number of hydrogen-bond acceptors (Lipinski definition) is 9. The van der Waals surface area contributed by atoms with E-state index in [-0.39, 0.29) is 22.2 Å². The molecular weight excluding hydrogens is 520 g/mol. The molecule has 14 heteroatoms. The lowest BCUT2D eigenvalue weighted by molar-refractivity contribution is -0.688. The summed E-state index contributed by atoms with van der Waals surface area (Å²) >= 11 is 2.54. The lowest BCUT2D eigenvalue weighted by Gasteiger charge is -2.49. The highest BCUT2D eigenvalue weighted by atomic mass is 32.2. The Hall–Kier alpha value is -3.23. The van der Waals surface area contributed by atoms with Crippen LogP contribution in [-0.2, 0) is 25.8 Å². The van der Waals surface area contributed by atoms with Crippen LogP contribution in [0.25, 0.3) is 0 Å². The molecule has 11 nitrogen and oxygen atoms in total. The third-order valence-corrected chi connectivity index (χ3v) is 9.91. The minimum Gasteiger partial charge on any atom is -0.477 e. The van der Waals surface area contributed by atoms with Crippen molar-refractivity contribution in [2.75, 3.05) is 18.6 Å². The Kier molecular flexibility index (Phi) is 7.20. The number of oxime groups is 1. The molecule has 0 saturated carbocycles. The van der Waals surface area contributed by atoms with Gasteiger partial charge in [-0.1, -0.05) is 24.8 Å². The number of nitrogen functional groups attached to an aromatic ring is 1. The number of carboxylic acid groups (broad SMARTS) is 1. The number of amides is 2. The van der Waals surface area contributed by atoms with Gasteiger partial charge in [0, 0.05) is 28.8 Å². The van der Waals surface area contributed by atoms with Gasteiger partial charge in [-0.2, -0.15) is 0 Å². The third-order valence-electron chi connectivity index (χ3n) is 5.83. The van der Waals surface area contributed by atoms with Gasteiger partial charge in [0.15, 0.2) is 29.8 Å². The zero-order chi connectivity index (χ0) is 26.2. The molecule has 0 unspecified atom stereocenters. The predicted molar refractivity (Wildman–Crippen MR) is 139 cm³/mol. The maximum Gasteiger partial charge on any atom is 0.352 e. The van der Waals surface area contributed by atoms with E-state index < -0.39 is 37.3 Å². The Balaban J connectivity index is 1.52. The Morgan fingerprint density at radius 2 is 2.06 bits per heavy atom. The van der Waals surface area contributed by atoms with E-state index in [0.717, 1.165) is 11.3 Å². The number of nitrogens with one attached hydrogen (secondary N) is 1. The monoisotopic (exact) mass is 547 g/mol. The molecule has 0 radical (unpaired) electrons. The van der Waals surface area contributed by atoms with E-state index in [0.29, 0.717) is 17.9 Å². The van der Waals surface area contributed by atoms with Crippen LogP contribution in [0.2, 0.25) is 19.6 Å². The molecule has 4 heterocycles. The van der Waals surface area contributed by atoms with E-state index in [2.05, 4.69) is 47.2 Å². The number of pyridine rings is 1. The second kappa shape index (κ2) is 10.0. The molecule has 2 aliphatic rings. The topological polar surface area (TPSA) is 151 Å².